The molecule has 21 heavy (non-hydrogen) atoms. The van der Waals surface area contributed by atoms with Gasteiger partial charge in [-0.2, -0.15) is 11.8 Å². The van der Waals surface area contributed by atoms with Crippen molar-refractivity contribution in [2.24, 2.45) is 17.6 Å². The smallest absolute Gasteiger partial charge is 0.307 e. The van der Waals surface area contributed by atoms with Gasteiger partial charge in [0, 0.05) is 11.8 Å². The van der Waals surface area contributed by atoms with Crippen LogP contribution in [0.3, 0.4) is 0 Å². The molecule has 4 nitrogen and oxygen atoms in total. The Bertz CT molecular complexity index is 434. The number of thioether (sulfide) groups is 1. The van der Waals surface area contributed by atoms with E-state index >= 15 is 0 Å². The summed E-state index contributed by atoms with van der Waals surface area (Å²) in [4.78, 5) is 11.5. The topological polar surface area (TPSA) is 72.5 Å². The van der Waals surface area contributed by atoms with E-state index in [0.29, 0.717) is 13.2 Å². The molecule has 0 spiro atoms. The molecule has 0 heterocycles. The SMILES string of the molecule is CSC(Cc1ccc(OCCN)cc1)C(C(=O)O)C(C)C. The highest BCUT2D eigenvalue weighted by atomic mass is 32.2. The lowest BCUT2D eigenvalue weighted by atomic mass is 9.89. The fourth-order valence-electron chi connectivity index (χ4n) is 2.36. The molecule has 0 radical (unpaired) electrons. The van der Waals surface area contributed by atoms with Crippen LogP contribution in [0.2, 0.25) is 0 Å². The molecule has 3 N–H and O–H groups in total. The minimum Gasteiger partial charge on any atom is -0.492 e. The second-order valence-corrected chi connectivity index (χ2v) is 6.44. The Morgan fingerprint density at radius 2 is 1.95 bits per heavy atom. The second-order valence-electron chi connectivity index (χ2n) is 5.37. The summed E-state index contributed by atoms with van der Waals surface area (Å²) in [6, 6.07) is 7.81. The van der Waals surface area contributed by atoms with E-state index in [4.69, 9.17) is 10.5 Å². The number of carboxylic acids is 1. The highest BCUT2D eigenvalue weighted by molar-refractivity contribution is 7.99. The van der Waals surface area contributed by atoms with Crippen molar-refractivity contribution in [3.05, 3.63) is 29.8 Å². The van der Waals surface area contributed by atoms with Crippen LogP contribution in [0.25, 0.3) is 0 Å². The van der Waals surface area contributed by atoms with E-state index in [1.165, 1.54) is 0 Å². The maximum Gasteiger partial charge on any atom is 0.307 e. The molecule has 1 aromatic carbocycles. The monoisotopic (exact) mass is 311 g/mol. The summed E-state index contributed by atoms with van der Waals surface area (Å²) in [6.45, 7) is 4.92. The molecule has 0 aliphatic rings. The molecule has 1 aromatic rings. The number of rotatable bonds is 9. The van der Waals surface area contributed by atoms with E-state index in [0.717, 1.165) is 17.7 Å². The van der Waals surface area contributed by atoms with E-state index in [-0.39, 0.29) is 17.1 Å². The molecular formula is C16H25NO3S. The van der Waals surface area contributed by atoms with Crippen molar-refractivity contribution >= 4 is 17.7 Å². The number of benzene rings is 1. The van der Waals surface area contributed by atoms with Crippen molar-refractivity contribution in [3.63, 3.8) is 0 Å². The zero-order chi connectivity index (χ0) is 15.8. The average molecular weight is 311 g/mol. The molecule has 0 amide bonds. The fourth-order valence-corrected chi connectivity index (χ4v) is 3.44. The van der Waals surface area contributed by atoms with Crippen LogP contribution < -0.4 is 10.5 Å². The molecular weight excluding hydrogens is 286 g/mol. The van der Waals surface area contributed by atoms with Gasteiger partial charge in [0.05, 0.1) is 5.92 Å². The molecule has 1 rings (SSSR count). The Hall–Kier alpha value is -1.20. The maximum absolute atomic E-state index is 11.5. The Morgan fingerprint density at radius 3 is 2.38 bits per heavy atom. The number of hydrogen-bond donors (Lipinski definition) is 2. The Labute approximate surface area is 131 Å². The van der Waals surface area contributed by atoms with Crippen LogP contribution in [0.5, 0.6) is 5.75 Å². The van der Waals surface area contributed by atoms with Crippen molar-refractivity contribution in [2.75, 3.05) is 19.4 Å². The van der Waals surface area contributed by atoms with Gasteiger partial charge in [0.2, 0.25) is 0 Å². The lowest BCUT2D eigenvalue weighted by molar-refractivity contribution is -0.143. The van der Waals surface area contributed by atoms with Crippen LogP contribution in [0.1, 0.15) is 19.4 Å². The minimum absolute atomic E-state index is 0.0679. The lowest BCUT2D eigenvalue weighted by Gasteiger charge is -2.25. The molecule has 0 aliphatic heterocycles. The van der Waals surface area contributed by atoms with E-state index in [1.807, 2.05) is 44.4 Å². The Morgan fingerprint density at radius 1 is 1.33 bits per heavy atom. The Kier molecular flexibility index (Phi) is 7.61. The molecule has 0 aliphatic carbocycles. The molecule has 0 fully saturated rings. The van der Waals surface area contributed by atoms with E-state index < -0.39 is 5.97 Å². The predicted molar refractivity (Wildman–Crippen MR) is 88.0 cm³/mol. The standard InChI is InChI=1S/C16H25NO3S/c1-11(2)15(16(18)19)14(21-3)10-12-4-6-13(7-5-12)20-9-8-17/h4-7,11,14-15H,8-10,17H2,1-3H3,(H,18,19). The van der Waals surface area contributed by atoms with Crippen LogP contribution in [0, 0.1) is 11.8 Å². The number of aliphatic carboxylic acids is 1. The van der Waals surface area contributed by atoms with Gasteiger partial charge >= 0.3 is 5.97 Å². The van der Waals surface area contributed by atoms with Gasteiger partial charge in [-0.1, -0.05) is 26.0 Å². The van der Waals surface area contributed by atoms with Crippen molar-refractivity contribution in [2.45, 2.75) is 25.5 Å². The lowest BCUT2D eigenvalue weighted by Crippen LogP contribution is -2.31. The van der Waals surface area contributed by atoms with Gasteiger partial charge < -0.3 is 15.6 Å². The number of nitrogens with two attached hydrogens (primary N) is 1. The van der Waals surface area contributed by atoms with Crippen LogP contribution in [-0.4, -0.2) is 35.7 Å². The highest BCUT2D eigenvalue weighted by Crippen LogP contribution is 2.28. The highest BCUT2D eigenvalue weighted by Gasteiger charge is 2.30. The summed E-state index contributed by atoms with van der Waals surface area (Å²) in [7, 11) is 0. The van der Waals surface area contributed by atoms with Crippen LogP contribution >= 0.6 is 11.8 Å². The summed E-state index contributed by atoms with van der Waals surface area (Å²) in [5.41, 5.74) is 6.52. The molecule has 0 bridgehead atoms. The number of ether oxygens (including phenoxy) is 1. The van der Waals surface area contributed by atoms with Gasteiger partial charge in [-0.25, -0.2) is 0 Å². The summed E-state index contributed by atoms with van der Waals surface area (Å²) in [5, 5.41) is 9.49. The van der Waals surface area contributed by atoms with Gasteiger partial charge in [-0.15, -0.1) is 0 Å². The van der Waals surface area contributed by atoms with Gasteiger partial charge in [0.1, 0.15) is 12.4 Å². The predicted octanol–water partition coefficient (Wildman–Crippen LogP) is 2.66. The number of carboxylic acid groups (broad SMARTS) is 1. The minimum atomic E-state index is -0.716. The fraction of sp³-hybridized carbons (Fsp3) is 0.562. The Balaban J connectivity index is 2.74. The molecule has 2 atom stereocenters. The molecule has 0 saturated carbocycles. The van der Waals surface area contributed by atoms with E-state index in [1.54, 1.807) is 11.8 Å². The number of hydrogen-bond acceptors (Lipinski definition) is 4. The summed E-state index contributed by atoms with van der Waals surface area (Å²) >= 11 is 1.62. The normalized spacial score (nSPS) is 14.0. The first-order valence-corrected chi connectivity index (χ1v) is 8.45. The molecule has 2 unspecified atom stereocenters. The van der Waals surface area contributed by atoms with Crippen LogP contribution in [-0.2, 0) is 11.2 Å². The third kappa shape index (κ3) is 5.59. The first-order chi connectivity index (χ1) is 9.99. The second kappa shape index (κ2) is 8.95. The van der Waals surface area contributed by atoms with Gasteiger partial charge in [0.25, 0.3) is 0 Å². The zero-order valence-corrected chi connectivity index (χ0v) is 13.7. The largest absolute Gasteiger partial charge is 0.492 e. The third-order valence-electron chi connectivity index (χ3n) is 3.45. The summed E-state index contributed by atoms with van der Waals surface area (Å²) in [5.74, 6) is -0.143. The van der Waals surface area contributed by atoms with Crippen molar-refractivity contribution in [1.29, 1.82) is 0 Å². The van der Waals surface area contributed by atoms with Gasteiger partial charge in [-0.3, -0.25) is 4.79 Å². The van der Waals surface area contributed by atoms with Crippen molar-refractivity contribution in [1.82, 2.24) is 0 Å². The molecule has 118 valence electrons. The van der Waals surface area contributed by atoms with E-state index in [9.17, 15) is 9.90 Å². The molecule has 5 heteroatoms. The average Bonchev–Trinajstić information content (AvgIpc) is 2.44. The van der Waals surface area contributed by atoms with Gasteiger partial charge in [0.15, 0.2) is 0 Å². The first kappa shape index (κ1) is 17.9. The van der Waals surface area contributed by atoms with Crippen LogP contribution in [0.4, 0.5) is 0 Å². The summed E-state index contributed by atoms with van der Waals surface area (Å²) < 4.78 is 5.44. The van der Waals surface area contributed by atoms with Crippen molar-refractivity contribution in [3.8, 4) is 5.75 Å². The number of carbonyl (C=O) groups is 1. The van der Waals surface area contributed by atoms with E-state index in [2.05, 4.69) is 0 Å². The van der Waals surface area contributed by atoms with Gasteiger partial charge in [-0.05, 0) is 36.3 Å². The summed E-state index contributed by atoms with van der Waals surface area (Å²) in [6.07, 6.45) is 2.72. The van der Waals surface area contributed by atoms with Crippen molar-refractivity contribution < 1.29 is 14.6 Å². The molecule has 0 aromatic heterocycles. The molecule has 0 saturated heterocycles. The quantitative estimate of drug-likeness (QED) is 0.733. The first-order valence-electron chi connectivity index (χ1n) is 7.17. The zero-order valence-electron chi connectivity index (χ0n) is 12.9. The third-order valence-corrected chi connectivity index (χ3v) is 4.52. The maximum atomic E-state index is 11.5. The van der Waals surface area contributed by atoms with Crippen LogP contribution in [0.15, 0.2) is 24.3 Å².